The van der Waals surface area contributed by atoms with Crippen molar-refractivity contribution in [2.75, 3.05) is 13.1 Å². The van der Waals surface area contributed by atoms with Gasteiger partial charge in [0.2, 0.25) is 5.89 Å². The van der Waals surface area contributed by atoms with Gasteiger partial charge in [0.05, 0.1) is 23.5 Å². The Bertz CT molecular complexity index is 493. The molecule has 0 amide bonds. The SMILES string of the molecule is CC(C)C1(c2nc(C3CC4CCC3O4)no2)CCNC1. The molecule has 2 bridgehead atoms. The van der Waals surface area contributed by atoms with Crippen LogP contribution < -0.4 is 5.32 Å². The van der Waals surface area contributed by atoms with Crippen molar-refractivity contribution < 1.29 is 9.26 Å². The number of hydrogen-bond acceptors (Lipinski definition) is 5. The minimum absolute atomic E-state index is 0.0176. The highest BCUT2D eigenvalue weighted by atomic mass is 16.5. The second-order valence-corrected chi connectivity index (χ2v) is 6.91. The summed E-state index contributed by atoms with van der Waals surface area (Å²) in [4.78, 5) is 4.79. The fourth-order valence-electron chi connectivity index (χ4n) is 4.13. The van der Waals surface area contributed by atoms with E-state index in [0.29, 0.717) is 24.0 Å². The molecule has 3 fully saturated rings. The Morgan fingerprint density at radius 3 is 2.85 bits per heavy atom. The minimum atomic E-state index is 0.0176. The zero-order chi connectivity index (χ0) is 13.7. The molecule has 4 rings (SSSR count). The lowest BCUT2D eigenvalue weighted by Gasteiger charge is -2.28. The average Bonchev–Trinajstić information content (AvgIpc) is 3.21. The smallest absolute Gasteiger partial charge is 0.234 e. The molecular weight excluding hydrogens is 254 g/mol. The van der Waals surface area contributed by atoms with Crippen LogP contribution in [0, 0.1) is 5.92 Å². The molecule has 1 aromatic rings. The number of aromatic nitrogens is 2. The molecule has 0 aliphatic carbocycles. The molecule has 20 heavy (non-hydrogen) atoms. The maximum atomic E-state index is 5.91. The molecule has 5 nitrogen and oxygen atoms in total. The Kier molecular flexibility index (Phi) is 2.89. The zero-order valence-corrected chi connectivity index (χ0v) is 12.3. The van der Waals surface area contributed by atoms with E-state index in [1.165, 1.54) is 6.42 Å². The van der Waals surface area contributed by atoms with Crippen LogP contribution in [0.5, 0.6) is 0 Å². The lowest BCUT2D eigenvalue weighted by molar-refractivity contribution is 0.0996. The number of fused-ring (bicyclic) bond motifs is 2. The summed E-state index contributed by atoms with van der Waals surface area (Å²) in [6, 6.07) is 0. The maximum absolute atomic E-state index is 5.91. The molecule has 110 valence electrons. The van der Waals surface area contributed by atoms with Gasteiger partial charge in [-0.05, 0) is 38.1 Å². The van der Waals surface area contributed by atoms with Crippen molar-refractivity contribution in [1.82, 2.24) is 15.5 Å². The summed E-state index contributed by atoms with van der Waals surface area (Å²) in [6.07, 6.45) is 5.25. The van der Waals surface area contributed by atoms with E-state index in [1.807, 2.05) is 0 Å². The normalized spacial score (nSPS) is 40.0. The van der Waals surface area contributed by atoms with Gasteiger partial charge < -0.3 is 14.6 Å². The van der Waals surface area contributed by atoms with Crippen LogP contribution in [0.1, 0.15) is 57.2 Å². The van der Waals surface area contributed by atoms with Gasteiger partial charge in [0, 0.05) is 6.54 Å². The van der Waals surface area contributed by atoms with Crippen molar-refractivity contribution in [3.05, 3.63) is 11.7 Å². The first-order valence-corrected chi connectivity index (χ1v) is 7.89. The van der Waals surface area contributed by atoms with Crippen molar-refractivity contribution in [3.8, 4) is 0 Å². The van der Waals surface area contributed by atoms with Crippen LogP contribution in [0.4, 0.5) is 0 Å². The predicted octanol–water partition coefficient (Wildman–Crippen LogP) is 1.99. The first-order valence-electron chi connectivity index (χ1n) is 7.89. The van der Waals surface area contributed by atoms with Crippen LogP contribution in [0.2, 0.25) is 0 Å². The summed E-state index contributed by atoms with van der Waals surface area (Å²) in [7, 11) is 0. The number of nitrogens with zero attached hydrogens (tertiary/aromatic N) is 2. The Labute approximate surface area is 119 Å². The van der Waals surface area contributed by atoms with Crippen LogP contribution in [-0.2, 0) is 10.2 Å². The third-order valence-electron chi connectivity index (χ3n) is 5.60. The molecule has 0 radical (unpaired) electrons. The van der Waals surface area contributed by atoms with Crippen molar-refractivity contribution in [3.63, 3.8) is 0 Å². The second kappa shape index (κ2) is 4.53. The lowest BCUT2D eigenvalue weighted by Crippen LogP contribution is -2.35. The molecule has 5 heteroatoms. The molecule has 0 spiro atoms. The van der Waals surface area contributed by atoms with Crippen LogP contribution in [0.3, 0.4) is 0 Å². The van der Waals surface area contributed by atoms with E-state index >= 15 is 0 Å². The highest BCUT2D eigenvalue weighted by Gasteiger charge is 2.47. The van der Waals surface area contributed by atoms with E-state index in [9.17, 15) is 0 Å². The molecule has 1 N–H and O–H groups in total. The van der Waals surface area contributed by atoms with E-state index in [-0.39, 0.29) is 5.41 Å². The molecule has 3 aliphatic rings. The Balaban J connectivity index is 1.61. The standard InChI is InChI=1S/C15H23N3O2/c1-9(2)15(5-6-16-8-15)14-17-13(18-20-14)11-7-10-3-4-12(11)19-10/h9-12,16H,3-8H2,1-2H3. The highest BCUT2D eigenvalue weighted by molar-refractivity contribution is 5.14. The average molecular weight is 277 g/mol. The van der Waals surface area contributed by atoms with Crippen molar-refractivity contribution in [2.24, 2.45) is 5.92 Å². The fourth-order valence-corrected chi connectivity index (χ4v) is 4.13. The molecule has 0 saturated carbocycles. The summed E-state index contributed by atoms with van der Waals surface area (Å²) in [6.45, 7) is 6.47. The number of ether oxygens (including phenoxy) is 1. The van der Waals surface area contributed by atoms with Crippen LogP contribution in [0.15, 0.2) is 4.52 Å². The van der Waals surface area contributed by atoms with Crippen molar-refractivity contribution in [2.45, 2.75) is 63.1 Å². The van der Waals surface area contributed by atoms with Crippen LogP contribution in [-0.4, -0.2) is 35.4 Å². The topological polar surface area (TPSA) is 60.2 Å². The van der Waals surface area contributed by atoms with Crippen LogP contribution in [0.25, 0.3) is 0 Å². The monoisotopic (exact) mass is 277 g/mol. The molecule has 4 heterocycles. The molecule has 4 unspecified atom stereocenters. The number of hydrogen-bond donors (Lipinski definition) is 1. The van der Waals surface area contributed by atoms with E-state index in [1.54, 1.807) is 0 Å². The van der Waals surface area contributed by atoms with Gasteiger partial charge in [-0.3, -0.25) is 0 Å². The summed E-state index contributed by atoms with van der Waals surface area (Å²) in [5.41, 5.74) is 0.0176. The third-order valence-corrected chi connectivity index (χ3v) is 5.60. The lowest BCUT2D eigenvalue weighted by atomic mass is 9.76. The summed E-state index contributed by atoms with van der Waals surface area (Å²) < 4.78 is 11.6. The van der Waals surface area contributed by atoms with Gasteiger partial charge in [-0.15, -0.1) is 0 Å². The summed E-state index contributed by atoms with van der Waals surface area (Å²) in [5.74, 6) is 2.56. The zero-order valence-electron chi connectivity index (χ0n) is 12.3. The van der Waals surface area contributed by atoms with E-state index in [2.05, 4.69) is 24.3 Å². The van der Waals surface area contributed by atoms with Gasteiger partial charge in [-0.25, -0.2) is 0 Å². The van der Waals surface area contributed by atoms with Gasteiger partial charge in [0.25, 0.3) is 0 Å². The predicted molar refractivity (Wildman–Crippen MR) is 73.6 cm³/mol. The van der Waals surface area contributed by atoms with Gasteiger partial charge >= 0.3 is 0 Å². The quantitative estimate of drug-likeness (QED) is 0.915. The molecule has 4 atom stereocenters. The molecule has 0 aromatic carbocycles. The van der Waals surface area contributed by atoms with Gasteiger partial charge in [-0.1, -0.05) is 19.0 Å². The Hall–Kier alpha value is -0.940. The number of nitrogens with one attached hydrogen (secondary N) is 1. The van der Waals surface area contributed by atoms with Crippen molar-refractivity contribution in [1.29, 1.82) is 0 Å². The first-order chi connectivity index (χ1) is 9.69. The Morgan fingerprint density at radius 1 is 1.35 bits per heavy atom. The van der Waals surface area contributed by atoms with Gasteiger partial charge in [-0.2, -0.15) is 4.98 Å². The minimum Gasteiger partial charge on any atom is -0.374 e. The Morgan fingerprint density at radius 2 is 2.25 bits per heavy atom. The van der Waals surface area contributed by atoms with Crippen LogP contribution >= 0.6 is 0 Å². The highest BCUT2D eigenvalue weighted by Crippen LogP contribution is 2.44. The summed E-state index contributed by atoms with van der Waals surface area (Å²) in [5, 5.41) is 7.74. The molecule has 3 aliphatic heterocycles. The molecule has 3 saturated heterocycles. The van der Waals surface area contributed by atoms with Crippen molar-refractivity contribution >= 4 is 0 Å². The molecular formula is C15H23N3O2. The van der Waals surface area contributed by atoms with Gasteiger partial charge in [0.15, 0.2) is 5.82 Å². The van der Waals surface area contributed by atoms with Gasteiger partial charge in [0.1, 0.15) is 0 Å². The first kappa shape index (κ1) is 12.8. The fraction of sp³-hybridized carbons (Fsp3) is 0.867. The maximum Gasteiger partial charge on any atom is 0.234 e. The number of rotatable bonds is 3. The van der Waals surface area contributed by atoms with E-state index in [0.717, 1.165) is 44.1 Å². The largest absolute Gasteiger partial charge is 0.374 e. The van der Waals surface area contributed by atoms with E-state index in [4.69, 9.17) is 14.2 Å². The third kappa shape index (κ3) is 1.76. The van der Waals surface area contributed by atoms with E-state index < -0.39 is 0 Å². The second-order valence-electron chi connectivity index (χ2n) is 6.91. The summed E-state index contributed by atoms with van der Waals surface area (Å²) >= 11 is 0. The molecule has 1 aromatic heterocycles.